The molecule has 1 fully saturated rings. The van der Waals surface area contributed by atoms with Crippen LogP contribution in [-0.4, -0.2) is 61.2 Å². The quantitative estimate of drug-likeness (QED) is 0.395. The Hall–Kier alpha value is -1.84. The maximum Gasteiger partial charge on any atom is 0.222 e. The zero-order valence-corrected chi connectivity index (χ0v) is 18.1. The van der Waals surface area contributed by atoms with Crippen LogP contribution < -0.4 is 0 Å². The van der Waals surface area contributed by atoms with E-state index in [1.807, 2.05) is 31.2 Å². The smallest absolute Gasteiger partial charge is 0.222 e. The van der Waals surface area contributed by atoms with Crippen LogP contribution in [-0.2, 0) is 30.0 Å². The first-order chi connectivity index (χ1) is 14.6. The highest BCUT2D eigenvalue weighted by atomic mass is 16.7. The second-order valence-corrected chi connectivity index (χ2v) is 8.39. The van der Waals surface area contributed by atoms with Crippen molar-refractivity contribution in [3.05, 3.63) is 69.8 Å². The lowest BCUT2D eigenvalue weighted by Gasteiger charge is -2.47. The van der Waals surface area contributed by atoms with Gasteiger partial charge in [0.1, 0.15) is 24.4 Å². The Bertz CT molecular complexity index is 896. The van der Waals surface area contributed by atoms with Crippen LogP contribution in [0.15, 0.2) is 36.4 Å². The lowest BCUT2D eigenvalue weighted by molar-refractivity contribution is -0.364. The lowest BCUT2D eigenvalue weighted by Crippen LogP contribution is -2.65. The lowest BCUT2D eigenvalue weighted by atomic mass is 9.82. The van der Waals surface area contributed by atoms with E-state index in [2.05, 4.69) is 6.92 Å². The molecule has 0 aliphatic carbocycles. The summed E-state index contributed by atoms with van der Waals surface area (Å²) in [5.74, 6) is -2.39. The summed E-state index contributed by atoms with van der Waals surface area (Å²) in [6, 6.07) is 11.3. The minimum atomic E-state index is -2.39. The fraction of sp³-hybridized carbons (Fsp3) is 0.500. The average Bonchev–Trinajstić information content (AvgIpc) is 2.76. The predicted octanol–water partition coefficient (Wildman–Crippen LogP) is 0.648. The topological polar surface area (TPSA) is 131 Å². The summed E-state index contributed by atoms with van der Waals surface area (Å²) in [4.78, 5) is 0. The van der Waals surface area contributed by atoms with Gasteiger partial charge in [-0.25, -0.2) is 0 Å². The van der Waals surface area contributed by atoms with Gasteiger partial charge in [-0.1, -0.05) is 37.3 Å². The molecule has 0 aromatic heterocycles. The molecule has 1 heterocycles. The molecule has 0 saturated carbocycles. The zero-order valence-electron chi connectivity index (χ0n) is 18.1. The van der Waals surface area contributed by atoms with Crippen LogP contribution in [0.2, 0.25) is 0 Å². The molecule has 170 valence electrons. The monoisotopic (exact) mass is 432 g/mol. The van der Waals surface area contributed by atoms with Crippen molar-refractivity contribution in [2.24, 2.45) is 0 Å². The van der Waals surface area contributed by atoms with Gasteiger partial charge in [0.2, 0.25) is 5.79 Å². The van der Waals surface area contributed by atoms with Crippen LogP contribution in [0.1, 0.15) is 47.2 Å². The first kappa shape index (κ1) is 23.8. The molecule has 0 spiro atoms. The van der Waals surface area contributed by atoms with Gasteiger partial charge in [0.05, 0.1) is 12.7 Å². The van der Waals surface area contributed by atoms with E-state index >= 15 is 0 Å². The third-order valence-electron chi connectivity index (χ3n) is 6.12. The highest BCUT2D eigenvalue weighted by Gasteiger charge is 2.55. The van der Waals surface area contributed by atoms with Crippen LogP contribution in [0.4, 0.5) is 0 Å². The fourth-order valence-corrected chi connectivity index (χ4v) is 4.20. The molecule has 0 unspecified atom stereocenters. The standard InChI is InChI=1S/C24H32O7/c1-4-15-5-7-16(8-6-15)10-18-13(2)9-17(12-25)11-19(18)24(30)23(29)21(28)20(27)22(31-24)14(3)26/h5-9,11,14,20-23,25-30H,4,10,12H2,1-3H3/t14-,20-,21-,22+,23+,24+/m0/s1. The van der Waals surface area contributed by atoms with Gasteiger partial charge in [0, 0.05) is 5.56 Å². The van der Waals surface area contributed by atoms with E-state index < -0.39 is 36.3 Å². The Morgan fingerprint density at radius 2 is 1.61 bits per heavy atom. The number of aliphatic hydroxyl groups is 6. The number of benzene rings is 2. The van der Waals surface area contributed by atoms with E-state index in [0.29, 0.717) is 17.5 Å². The highest BCUT2D eigenvalue weighted by Crippen LogP contribution is 2.40. The van der Waals surface area contributed by atoms with Crippen molar-refractivity contribution in [2.45, 2.75) is 76.5 Å². The number of aryl methyl sites for hydroxylation is 2. The van der Waals surface area contributed by atoms with Crippen molar-refractivity contribution in [1.29, 1.82) is 0 Å². The molecule has 31 heavy (non-hydrogen) atoms. The maximum atomic E-state index is 11.5. The molecule has 6 N–H and O–H groups in total. The summed E-state index contributed by atoms with van der Waals surface area (Å²) in [7, 11) is 0. The van der Waals surface area contributed by atoms with Crippen LogP contribution in [0.25, 0.3) is 0 Å². The Balaban J connectivity index is 2.12. The van der Waals surface area contributed by atoms with E-state index in [9.17, 15) is 30.6 Å². The molecular formula is C24H32O7. The van der Waals surface area contributed by atoms with Crippen LogP contribution in [0.5, 0.6) is 0 Å². The van der Waals surface area contributed by atoms with E-state index in [1.54, 1.807) is 6.07 Å². The molecule has 1 aliphatic heterocycles. The SMILES string of the molecule is CCc1ccc(Cc2c(C)cc(CO)cc2[C@@]2(O)O[C@H]([C@H](C)O)[C@@H](O)[C@H](O)[C@H]2O)cc1. The Labute approximate surface area is 182 Å². The van der Waals surface area contributed by atoms with Crippen molar-refractivity contribution in [3.8, 4) is 0 Å². The Morgan fingerprint density at radius 3 is 2.16 bits per heavy atom. The molecule has 2 aromatic carbocycles. The largest absolute Gasteiger partial charge is 0.392 e. The third-order valence-corrected chi connectivity index (χ3v) is 6.12. The van der Waals surface area contributed by atoms with Gasteiger partial charge in [-0.2, -0.15) is 0 Å². The number of ether oxygens (including phenoxy) is 1. The summed E-state index contributed by atoms with van der Waals surface area (Å²) in [6.45, 7) is 4.97. The molecule has 2 aromatic rings. The summed E-state index contributed by atoms with van der Waals surface area (Å²) < 4.78 is 5.65. The van der Waals surface area contributed by atoms with E-state index in [4.69, 9.17) is 4.74 Å². The van der Waals surface area contributed by atoms with Crippen molar-refractivity contribution >= 4 is 0 Å². The molecule has 0 amide bonds. The van der Waals surface area contributed by atoms with E-state index in [0.717, 1.165) is 17.5 Å². The van der Waals surface area contributed by atoms with Crippen LogP contribution in [0.3, 0.4) is 0 Å². The summed E-state index contributed by atoms with van der Waals surface area (Å²) in [5.41, 5.74) is 4.27. The first-order valence-corrected chi connectivity index (χ1v) is 10.6. The van der Waals surface area contributed by atoms with E-state index in [1.165, 1.54) is 18.6 Å². The number of hydrogen-bond donors (Lipinski definition) is 6. The second kappa shape index (κ2) is 9.34. The number of rotatable bonds is 6. The van der Waals surface area contributed by atoms with Gasteiger partial charge in [-0.3, -0.25) is 0 Å². The Kier molecular flexibility index (Phi) is 7.18. The molecule has 3 rings (SSSR count). The van der Waals surface area contributed by atoms with E-state index in [-0.39, 0.29) is 12.2 Å². The summed E-state index contributed by atoms with van der Waals surface area (Å²) >= 11 is 0. The molecule has 7 heteroatoms. The van der Waals surface area contributed by atoms with Gasteiger partial charge in [0.15, 0.2) is 0 Å². The minimum Gasteiger partial charge on any atom is -0.392 e. The van der Waals surface area contributed by atoms with Crippen molar-refractivity contribution in [2.75, 3.05) is 0 Å². The predicted molar refractivity (Wildman–Crippen MR) is 114 cm³/mol. The van der Waals surface area contributed by atoms with Gasteiger partial charge in [-0.15, -0.1) is 0 Å². The van der Waals surface area contributed by atoms with Crippen molar-refractivity contribution in [1.82, 2.24) is 0 Å². The summed E-state index contributed by atoms with van der Waals surface area (Å²) in [6.07, 6.45) is -6.40. The average molecular weight is 433 g/mol. The highest BCUT2D eigenvalue weighted by molar-refractivity contribution is 5.45. The molecule has 0 radical (unpaired) electrons. The number of hydrogen-bond acceptors (Lipinski definition) is 7. The van der Waals surface area contributed by atoms with Crippen molar-refractivity contribution in [3.63, 3.8) is 0 Å². The van der Waals surface area contributed by atoms with Gasteiger partial charge in [0.25, 0.3) is 0 Å². The van der Waals surface area contributed by atoms with Gasteiger partial charge < -0.3 is 35.4 Å². The first-order valence-electron chi connectivity index (χ1n) is 10.6. The molecule has 7 nitrogen and oxygen atoms in total. The fourth-order valence-electron chi connectivity index (χ4n) is 4.20. The molecule has 1 aliphatic rings. The van der Waals surface area contributed by atoms with Crippen LogP contribution >= 0.6 is 0 Å². The Morgan fingerprint density at radius 1 is 1.00 bits per heavy atom. The molecule has 1 saturated heterocycles. The van der Waals surface area contributed by atoms with Gasteiger partial charge in [-0.05, 0) is 60.6 Å². The normalized spacial score (nSPS) is 29.7. The molecule has 6 atom stereocenters. The maximum absolute atomic E-state index is 11.5. The minimum absolute atomic E-state index is 0.181. The second-order valence-electron chi connectivity index (χ2n) is 8.39. The zero-order chi connectivity index (χ0) is 22.9. The van der Waals surface area contributed by atoms with Crippen LogP contribution in [0, 0.1) is 6.92 Å². The summed E-state index contributed by atoms with van der Waals surface area (Å²) in [5, 5.41) is 62.5. The van der Waals surface area contributed by atoms with Gasteiger partial charge >= 0.3 is 0 Å². The molecular weight excluding hydrogens is 400 g/mol. The third kappa shape index (κ3) is 4.54. The number of aliphatic hydroxyl groups excluding tert-OH is 5. The molecule has 0 bridgehead atoms. The van der Waals surface area contributed by atoms with Crippen molar-refractivity contribution < 1.29 is 35.4 Å².